The van der Waals surface area contributed by atoms with Gasteiger partial charge in [0, 0.05) is 13.2 Å². The van der Waals surface area contributed by atoms with Crippen LogP contribution in [-0.2, 0) is 9.53 Å². The quantitative estimate of drug-likeness (QED) is 0.724. The first-order valence-electron chi connectivity index (χ1n) is 7.53. The largest absolute Gasteiger partial charge is 0.376 e. The number of nitrogens with zero attached hydrogens (tertiary/aromatic N) is 1. The molecule has 1 atom stereocenters. The molecular weight excluding hydrogens is 242 g/mol. The van der Waals surface area contributed by atoms with Gasteiger partial charge in [-0.2, -0.15) is 0 Å². The van der Waals surface area contributed by atoms with Crippen molar-refractivity contribution < 1.29 is 9.53 Å². The van der Waals surface area contributed by atoms with Crippen molar-refractivity contribution in [3.63, 3.8) is 0 Å². The number of hydrogen-bond acceptors (Lipinski definition) is 4. The van der Waals surface area contributed by atoms with Crippen LogP contribution in [0.2, 0.25) is 0 Å². The molecule has 2 heterocycles. The van der Waals surface area contributed by atoms with Crippen LogP contribution in [-0.4, -0.2) is 63.3 Å². The van der Waals surface area contributed by atoms with Crippen molar-refractivity contribution in [2.45, 2.75) is 31.8 Å². The van der Waals surface area contributed by atoms with Crippen LogP contribution in [0.15, 0.2) is 0 Å². The second kappa shape index (κ2) is 7.82. The summed E-state index contributed by atoms with van der Waals surface area (Å²) >= 11 is 0. The molecule has 5 heteroatoms. The first-order chi connectivity index (χ1) is 9.28. The molecule has 0 aromatic rings. The van der Waals surface area contributed by atoms with Gasteiger partial charge in [-0.3, -0.25) is 9.69 Å². The lowest BCUT2D eigenvalue weighted by Gasteiger charge is -2.31. The Morgan fingerprint density at radius 3 is 2.68 bits per heavy atom. The third kappa shape index (κ3) is 5.09. The van der Waals surface area contributed by atoms with E-state index in [-0.39, 0.29) is 12.0 Å². The van der Waals surface area contributed by atoms with Gasteiger partial charge in [-0.05, 0) is 58.3 Å². The number of nitrogens with one attached hydrogen (secondary N) is 2. The van der Waals surface area contributed by atoms with E-state index < -0.39 is 0 Å². The molecule has 0 aliphatic carbocycles. The summed E-state index contributed by atoms with van der Waals surface area (Å²) in [6, 6.07) is 0. The Labute approximate surface area is 116 Å². The van der Waals surface area contributed by atoms with Crippen LogP contribution in [0.1, 0.15) is 25.7 Å². The standard InChI is InChI=1S/C14H27N3O2/c1-15-9-12-4-6-17(7-5-12)11-14(18)16-10-13-3-2-8-19-13/h12-13,15H,2-11H2,1H3,(H,16,18). The highest BCUT2D eigenvalue weighted by Gasteiger charge is 2.21. The van der Waals surface area contributed by atoms with Gasteiger partial charge in [0.1, 0.15) is 0 Å². The molecule has 2 fully saturated rings. The molecule has 1 amide bonds. The van der Waals surface area contributed by atoms with Gasteiger partial charge in [-0.15, -0.1) is 0 Å². The fourth-order valence-corrected chi connectivity index (χ4v) is 2.93. The molecule has 0 saturated carbocycles. The molecule has 2 aliphatic rings. The summed E-state index contributed by atoms with van der Waals surface area (Å²) in [5.41, 5.74) is 0. The second-order valence-corrected chi connectivity index (χ2v) is 5.72. The van der Waals surface area contributed by atoms with E-state index in [1.54, 1.807) is 0 Å². The van der Waals surface area contributed by atoms with Crippen LogP contribution in [0.3, 0.4) is 0 Å². The highest BCUT2D eigenvalue weighted by molar-refractivity contribution is 5.78. The fourth-order valence-electron chi connectivity index (χ4n) is 2.93. The number of amides is 1. The molecule has 0 bridgehead atoms. The fraction of sp³-hybridized carbons (Fsp3) is 0.929. The maximum Gasteiger partial charge on any atom is 0.234 e. The third-order valence-electron chi connectivity index (χ3n) is 4.12. The minimum atomic E-state index is 0.141. The lowest BCUT2D eigenvalue weighted by atomic mass is 9.97. The van der Waals surface area contributed by atoms with Crippen LogP contribution in [0, 0.1) is 5.92 Å². The molecule has 2 rings (SSSR count). The molecule has 0 radical (unpaired) electrons. The Bertz CT molecular complexity index is 272. The maximum absolute atomic E-state index is 11.9. The predicted octanol–water partition coefficient (Wildman–Crippen LogP) is 0.213. The topological polar surface area (TPSA) is 53.6 Å². The Hall–Kier alpha value is -0.650. The van der Waals surface area contributed by atoms with Crippen molar-refractivity contribution in [1.29, 1.82) is 0 Å². The van der Waals surface area contributed by atoms with Crippen LogP contribution in [0.4, 0.5) is 0 Å². The Balaban J connectivity index is 1.58. The van der Waals surface area contributed by atoms with Gasteiger partial charge >= 0.3 is 0 Å². The monoisotopic (exact) mass is 269 g/mol. The van der Waals surface area contributed by atoms with Gasteiger partial charge in [0.25, 0.3) is 0 Å². The normalized spacial score (nSPS) is 25.6. The Morgan fingerprint density at radius 2 is 2.05 bits per heavy atom. The lowest BCUT2D eigenvalue weighted by molar-refractivity contribution is -0.123. The third-order valence-corrected chi connectivity index (χ3v) is 4.12. The van der Waals surface area contributed by atoms with E-state index in [1.165, 1.54) is 12.8 Å². The zero-order chi connectivity index (χ0) is 13.5. The summed E-state index contributed by atoms with van der Waals surface area (Å²) in [5.74, 6) is 0.916. The molecule has 1 unspecified atom stereocenters. The minimum absolute atomic E-state index is 0.141. The Morgan fingerprint density at radius 1 is 1.26 bits per heavy atom. The average molecular weight is 269 g/mol. The summed E-state index contributed by atoms with van der Waals surface area (Å²) in [7, 11) is 2.00. The maximum atomic E-state index is 11.9. The average Bonchev–Trinajstić information content (AvgIpc) is 2.92. The van der Waals surface area contributed by atoms with Crippen LogP contribution >= 0.6 is 0 Å². The van der Waals surface area contributed by atoms with Crippen molar-refractivity contribution in [3.8, 4) is 0 Å². The van der Waals surface area contributed by atoms with E-state index in [4.69, 9.17) is 4.74 Å². The summed E-state index contributed by atoms with van der Waals surface area (Å²) in [5, 5.41) is 6.22. The van der Waals surface area contributed by atoms with Crippen molar-refractivity contribution in [2.24, 2.45) is 5.92 Å². The summed E-state index contributed by atoms with van der Waals surface area (Å²) in [4.78, 5) is 14.1. The van der Waals surface area contributed by atoms with Crippen molar-refractivity contribution in [1.82, 2.24) is 15.5 Å². The molecule has 2 saturated heterocycles. The van der Waals surface area contributed by atoms with Crippen LogP contribution in [0.5, 0.6) is 0 Å². The second-order valence-electron chi connectivity index (χ2n) is 5.72. The molecule has 19 heavy (non-hydrogen) atoms. The van der Waals surface area contributed by atoms with Gasteiger partial charge < -0.3 is 15.4 Å². The van der Waals surface area contributed by atoms with E-state index in [0.29, 0.717) is 13.1 Å². The first kappa shape index (κ1) is 14.8. The van der Waals surface area contributed by atoms with Gasteiger partial charge in [0.2, 0.25) is 5.91 Å². The van der Waals surface area contributed by atoms with Crippen LogP contribution in [0.25, 0.3) is 0 Å². The summed E-state index contributed by atoms with van der Waals surface area (Å²) < 4.78 is 5.50. The minimum Gasteiger partial charge on any atom is -0.376 e. The molecule has 0 aromatic carbocycles. The summed E-state index contributed by atoms with van der Waals surface area (Å²) in [6.07, 6.45) is 4.83. The number of rotatable bonds is 6. The molecule has 2 N–H and O–H groups in total. The molecule has 2 aliphatic heterocycles. The summed E-state index contributed by atoms with van der Waals surface area (Å²) in [6.45, 7) is 5.24. The van der Waals surface area contributed by atoms with Crippen molar-refractivity contribution in [3.05, 3.63) is 0 Å². The highest BCUT2D eigenvalue weighted by Crippen LogP contribution is 2.15. The van der Waals surface area contributed by atoms with Gasteiger partial charge in [0.15, 0.2) is 0 Å². The molecular formula is C14H27N3O2. The zero-order valence-corrected chi connectivity index (χ0v) is 12.0. The predicted molar refractivity (Wildman–Crippen MR) is 75.1 cm³/mol. The molecule has 0 aromatic heterocycles. The van der Waals surface area contributed by atoms with Crippen molar-refractivity contribution in [2.75, 3.05) is 46.4 Å². The number of ether oxygens (including phenoxy) is 1. The zero-order valence-electron chi connectivity index (χ0n) is 12.0. The number of hydrogen-bond donors (Lipinski definition) is 2. The highest BCUT2D eigenvalue weighted by atomic mass is 16.5. The number of piperidine rings is 1. The first-order valence-corrected chi connectivity index (χ1v) is 7.53. The SMILES string of the molecule is CNCC1CCN(CC(=O)NCC2CCCO2)CC1. The number of carbonyl (C=O) groups excluding carboxylic acids is 1. The number of likely N-dealkylation sites (tertiary alicyclic amines) is 1. The van der Waals surface area contributed by atoms with Crippen molar-refractivity contribution >= 4 is 5.91 Å². The van der Waals surface area contributed by atoms with Gasteiger partial charge in [-0.25, -0.2) is 0 Å². The molecule has 5 nitrogen and oxygen atoms in total. The smallest absolute Gasteiger partial charge is 0.234 e. The number of carbonyl (C=O) groups is 1. The van der Waals surface area contributed by atoms with E-state index in [9.17, 15) is 4.79 Å². The molecule has 0 spiro atoms. The van der Waals surface area contributed by atoms with Gasteiger partial charge in [0.05, 0.1) is 12.6 Å². The molecule has 110 valence electrons. The van der Waals surface area contributed by atoms with E-state index in [1.807, 2.05) is 7.05 Å². The van der Waals surface area contributed by atoms with E-state index >= 15 is 0 Å². The van der Waals surface area contributed by atoms with Gasteiger partial charge in [-0.1, -0.05) is 0 Å². The van der Waals surface area contributed by atoms with Crippen LogP contribution < -0.4 is 10.6 Å². The van der Waals surface area contributed by atoms with E-state index in [0.717, 1.165) is 45.0 Å². The Kier molecular flexibility index (Phi) is 6.07. The lowest BCUT2D eigenvalue weighted by Crippen LogP contribution is -2.44. The van der Waals surface area contributed by atoms with E-state index in [2.05, 4.69) is 15.5 Å².